The number of aromatic nitrogens is 1. The number of nitrogen functional groups attached to an aromatic ring is 1. The number of oxazole rings is 1. The first-order valence-electron chi connectivity index (χ1n) is 9.72. The normalized spacial score (nSPS) is 14.9. The first-order chi connectivity index (χ1) is 13.8. The van der Waals surface area contributed by atoms with Gasteiger partial charge in [-0.15, -0.1) is 0 Å². The Hall–Kier alpha value is -3.22. The Morgan fingerprint density at radius 3 is 2.72 bits per heavy atom. The summed E-state index contributed by atoms with van der Waals surface area (Å²) >= 11 is 0. The van der Waals surface area contributed by atoms with Crippen molar-refractivity contribution in [2.45, 2.75) is 32.6 Å². The van der Waals surface area contributed by atoms with Gasteiger partial charge < -0.3 is 20.2 Å². The van der Waals surface area contributed by atoms with Crippen molar-refractivity contribution in [3.63, 3.8) is 0 Å². The van der Waals surface area contributed by atoms with E-state index >= 15 is 0 Å². The standard InChI is InChI=1S/C22H26N4O3/c1-22(2,3)16-12-14(26-9-5-8-24-21(26)27)11-15(19(16)28-4)20-25-17-10-13(23)6-7-18(17)29-20/h6-7,10-12H,5,8-9,23H2,1-4H3,(H,24,27). The number of carbonyl (C=O) groups is 1. The molecule has 2 aromatic carbocycles. The minimum atomic E-state index is -0.210. The lowest BCUT2D eigenvalue weighted by Gasteiger charge is -2.31. The maximum atomic E-state index is 12.5. The predicted octanol–water partition coefficient (Wildman–Crippen LogP) is 4.30. The summed E-state index contributed by atoms with van der Waals surface area (Å²) in [6, 6.07) is 9.20. The number of hydrogen-bond donors (Lipinski definition) is 2. The topological polar surface area (TPSA) is 93.6 Å². The molecule has 0 bridgehead atoms. The molecule has 152 valence electrons. The summed E-state index contributed by atoms with van der Waals surface area (Å²) in [4.78, 5) is 18.9. The molecular formula is C22H26N4O3. The lowest BCUT2D eigenvalue weighted by Crippen LogP contribution is -2.46. The van der Waals surface area contributed by atoms with Crippen LogP contribution < -0.4 is 20.7 Å². The van der Waals surface area contributed by atoms with Crippen molar-refractivity contribution in [2.75, 3.05) is 30.8 Å². The predicted molar refractivity (Wildman–Crippen MR) is 114 cm³/mol. The van der Waals surface area contributed by atoms with Gasteiger partial charge in [0.1, 0.15) is 11.3 Å². The third kappa shape index (κ3) is 3.48. The molecule has 3 aromatic rings. The summed E-state index contributed by atoms with van der Waals surface area (Å²) in [7, 11) is 1.64. The van der Waals surface area contributed by atoms with E-state index in [1.807, 2.05) is 12.1 Å². The molecule has 2 amide bonds. The molecule has 0 aliphatic carbocycles. The fraction of sp³-hybridized carbons (Fsp3) is 0.364. The molecule has 0 saturated carbocycles. The number of nitrogens with two attached hydrogens (primary N) is 1. The quantitative estimate of drug-likeness (QED) is 0.646. The molecule has 0 atom stereocenters. The zero-order valence-corrected chi connectivity index (χ0v) is 17.2. The van der Waals surface area contributed by atoms with Crippen LogP contribution in [0.25, 0.3) is 22.6 Å². The van der Waals surface area contributed by atoms with Crippen LogP contribution in [0.4, 0.5) is 16.2 Å². The third-order valence-corrected chi connectivity index (χ3v) is 5.12. The second-order valence-corrected chi connectivity index (χ2v) is 8.31. The number of methoxy groups -OCH3 is 1. The fourth-order valence-electron chi connectivity index (χ4n) is 3.64. The number of amides is 2. The molecule has 7 nitrogen and oxygen atoms in total. The molecule has 1 aliphatic heterocycles. The number of nitrogens with one attached hydrogen (secondary N) is 1. The molecule has 4 rings (SSSR count). The molecule has 1 saturated heterocycles. The second-order valence-electron chi connectivity index (χ2n) is 8.31. The van der Waals surface area contributed by atoms with Gasteiger partial charge in [0, 0.05) is 30.0 Å². The fourth-order valence-corrected chi connectivity index (χ4v) is 3.64. The van der Waals surface area contributed by atoms with Crippen molar-refractivity contribution in [1.29, 1.82) is 0 Å². The molecule has 1 aliphatic rings. The number of ether oxygens (including phenoxy) is 1. The van der Waals surface area contributed by atoms with E-state index in [9.17, 15) is 4.79 Å². The van der Waals surface area contributed by atoms with Crippen molar-refractivity contribution >= 4 is 28.5 Å². The van der Waals surface area contributed by atoms with Crippen molar-refractivity contribution in [3.8, 4) is 17.2 Å². The number of hydrogen-bond acceptors (Lipinski definition) is 5. The summed E-state index contributed by atoms with van der Waals surface area (Å²) in [6.45, 7) is 7.69. The van der Waals surface area contributed by atoms with Gasteiger partial charge in [0.05, 0.1) is 12.7 Å². The van der Waals surface area contributed by atoms with Gasteiger partial charge in [-0.3, -0.25) is 4.90 Å². The average molecular weight is 394 g/mol. The van der Waals surface area contributed by atoms with Crippen molar-refractivity contribution in [3.05, 3.63) is 35.9 Å². The molecular weight excluding hydrogens is 368 g/mol. The number of benzene rings is 2. The number of anilines is 2. The monoisotopic (exact) mass is 394 g/mol. The number of nitrogens with zero attached hydrogens (tertiary/aromatic N) is 2. The largest absolute Gasteiger partial charge is 0.496 e. The molecule has 1 fully saturated rings. The lowest BCUT2D eigenvalue weighted by molar-refractivity contribution is 0.243. The summed E-state index contributed by atoms with van der Waals surface area (Å²) in [6.07, 6.45) is 0.889. The van der Waals surface area contributed by atoms with E-state index in [2.05, 4.69) is 31.1 Å². The first-order valence-corrected chi connectivity index (χ1v) is 9.72. The van der Waals surface area contributed by atoms with E-state index in [0.717, 1.165) is 17.7 Å². The molecule has 2 heterocycles. The maximum absolute atomic E-state index is 12.5. The van der Waals surface area contributed by atoms with Gasteiger partial charge in [0.25, 0.3) is 0 Å². The zero-order valence-electron chi connectivity index (χ0n) is 17.2. The Morgan fingerprint density at radius 2 is 2.03 bits per heavy atom. The summed E-state index contributed by atoms with van der Waals surface area (Å²) in [5.74, 6) is 1.13. The van der Waals surface area contributed by atoms with E-state index in [1.54, 1.807) is 30.2 Å². The smallest absolute Gasteiger partial charge is 0.321 e. The van der Waals surface area contributed by atoms with Gasteiger partial charge in [-0.25, -0.2) is 9.78 Å². The molecule has 29 heavy (non-hydrogen) atoms. The van der Waals surface area contributed by atoms with Crippen LogP contribution in [0.5, 0.6) is 5.75 Å². The Bertz CT molecular complexity index is 1080. The van der Waals surface area contributed by atoms with Crippen LogP contribution in [-0.4, -0.2) is 31.2 Å². The van der Waals surface area contributed by atoms with Crippen LogP contribution >= 0.6 is 0 Å². The molecule has 0 spiro atoms. The van der Waals surface area contributed by atoms with Crippen LogP contribution in [0.2, 0.25) is 0 Å². The highest BCUT2D eigenvalue weighted by molar-refractivity contribution is 5.94. The van der Waals surface area contributed by atoms with E-state index in [1.165, 1.54) is 0 Å². The van der Waals surface area contributed by atoms with Crippen LogP contribution in [-0.2, 0) is 5.41 Å². The van der Waals surface area contributed by atoms with E-state index in [4.69, 9.17) is 14.9 Å². The summed E-state index contributed by atoms with van der Waals surface area (Å²) < 4.78 is 11.8. The minimum Gasteiger partial charge on any atom is -0.496 e. The van der Waals surface area contributed by atoms with Crippen molar-refractivity contribution in [2.24, 2.45) is 0 Å². The molecule has 0 radical (unpaired) electrons. The Morgan fingerprint density at radius 1 is 1.24 bits per heavy atom. The maximum Gasteiger partial charge on any atom is 0.321 e. The first kappa shape index (κ1) is 19.1. The van der Waals surface area contributed by atoms with Gasteiger partial charge in [-0.1, -0.05) is 20.8 Å². The molecule has 3 N–H and O–H groups in total. The van der Waals surface area contributed by atoms with Gasteiger partial charge in [0.15, 0.2) is 5.58 Å². The van der Waals surface area contributed by atoms with E-state index in [-0.39, 0.29) is 11.4 Å². The molecule has 0 unspecified atom stereocenters. The van der Waals surface area contributed by atoms with Crippen molar-refractivity contribution < 1.29 is 13.9 Å². The van der Waals surface area contributed by atoms with Gasteiger partial charge in [-0.05, 0) is 42.2 Å². The highest BCUT2D eigenvalue weighted by atomic mass is 16.5. The third-order valence-electron chi connectivity index (χ3n) is 5.12. The Labute approximate surface area is 169 Å². The van der Waals surface area contributed by atoms with Gasteiger partial charge in [-0.2, -0.15) is 0 Å². The van der Waals surface area contributed by atoms with E-state index in [0.29, 0.717) is 47.1 Å². The lowest BCUT2D eigenvalue weighted by atomic mass is 9.84. The van der Waals surface area contributed by atoms with Crippen LogP contribution in [0.1, 0.15) is 32.8 Å². The average Bonchev–Trinajstić information content (AvgIpc) is 3.09. The highest BCUT2D eigenvalue weighted by Crippen LogP contribution is 2.43. The Kier molecular flexibility index (Phi) is 4.61. The highest BCUT2D eigenvalue weighted by Gasteiger charge is 2.28. The van der Waals surface area contributed by atoms with Crippen LogP contribution in [0.15, 0.2) is 34.7 Å². The van der Waals surface area contributed by atoms with Crippen LogP contribution in [0, 0.1) is 0 Å². The zero-order chi connectivity index (χ0) is 20.8. The number of rotatable bonds is 3. The summed E-state index contributed by atoms with van der Waals surface area (Å²) in [5.41, 5.74) is 10.1. The molecule has 1 aromatic heterocycles. The number of carbonyl (C=O) groups excluding carboxylic acids is 1. The number of urea groups is 1. The SMILES string of the molecule is COc1c(-c2nc3cc(N)ccc3o2)cc(N2CCCNC2=O)cc1C(C)(C)C. The molecule has 7 heteroatoms. The van der Waals surface area contributed by atoms with Gasteiger partial charge in [0.2, 0.25) is 5.89 Å². The van der Waals surface area contributed by atoms with Crippen LogP contribution in [0.3, 0.4) is 0 Å². The summed E-state index contributed by atoms with van der Waals surface area (Å²) in [5, 5.41) is 2.91. The van der Waals surface area contributed by atoms with Gasteiger partial charge >= 0.3 is 6.03 Å². The van der Waals surface area contributed by atoms with E-state index < -0.39 is 0 Å². The number of fused-ring (bicyclic) bond motifs is 1. The minimum absolute atomic E-state index is 0.0995. The Balaban J connectivity index is 1.94. The second kappa shape index (κ2) is 6.99. The van der Waals surface area contributed by atoms with Crippen molar-refractivity contribution in [1.82, 2.24) is 10.3 Å².